The number of benzene rings is 2. The van der Waals surface area contributed by atoms with Crippen LogP contribution in [-0.4, -0.2) is 5.78 Å². The predicted molar refractivity (Wildman–Crippen MR) is 94.3 cm³/mol. The van der Waals surface area contributed by atoms with Gasteiger partial charge in [-0.25, -0.2) is 4.39 Å². The molecule has 0 aliphatic heterocycles. The van der Waals surface area contributed by atoms with Gasteiger partial charge in [-0.2, -0.15) is 0 Å². The Morgan fingerprint density at radius 1 is 1.12 bits per heavy atom. The van der Waals surface area contributed by atoms with Crippen LogP contribution in [-0.2, 0) is 6.61 Å². The van der Waals surface area contributed by atoms with Gasteiger partial charge in [0.15, 0.2) is 5.78 Å². The van der Waals surface area contributed by atoms with Crippen LogP contribution in [0.2, 0.25) is 5.02 Å². The monoisotopic (exact) mass is 356 g/mol. The minimum atomic E-state index is -0.379. The van der Waals surface area contributed by atoms with Crippen molar-refractivity contribution < 1.29 is 18.3 Å². The molecule has 126 valence electrons. The molecule has 0 aliphatic carbocycles. The highest BCUT2D eigenvalue weighted by Gasteiger charge is 2.04. The molecule has 3 aromatic rings. The normalized spacial score (nSPS) is 11.0. The van der Waals surface area contributed by atoms with E-state index in [9.17, 15) is 9.18 Å². The first-order chi connectivity index (χ1) is 12.1. The third-order valence-corrected chi connectivity index (χ3v) is 3.62. The Bertz CT molecular complexity index is 897. The van der Waals surface area contributed by atoms with Crippen molar-refractivity contribution in [1.82, 2.24) is 0 Å². The average Bonchev–Trinajstić information content (AvgIpc) is 3.06. The van der Waals surface area contributed by atoms with Gasteiger partial charge in [0.05, 0.1) is 0 Å². The van der Waals surface area contributed by atoms with Gasteiger partial charge in [0.25, 0.3) is 0 Å². The highest BCUT2D eigenvalue weighted by molar-refractivity contribution is 6.30. The predicted octanol–water partition coefficient (Wildman–Crippen LogP) is 5.55. The average molecular weight is 357 g/mol. The zero-order valence-electron chi connectivity index (χ0n) is 13.1. The van der Waals surface area contributed by atoms with E-state index in [0.717, 1.165) is 0 Å². The van der Waals surface area contributed by atoms with Gasteiger partial charge in [-0.05, 0) is 66.7 Å². The van der Waals surface area contributed by atoms with E-state index in [4.69, 9.17) is 20.8 Å². The number of ether oxygens (including phenoxy) is 1. The summed E-state index contributed by atoms with van der Waals surface area (Å²) in [4.78, 5) is 12.0. The van der Waals surface area contributed by atoms with E-state index in [0.29, 0.717) is 27.9 Å². The minimum Gasteiger partial charge on any atom is -0.486 e. The first-order valence-electron chi connectivity index (χ1n) is 7.55. The molecule has 25 heavy (non-hydrogen) atoms. The lowest BCUT2D eigenvalue weighted by Crippen LogP contribution is -1.94. The molecule has 0 atom stereocenters. The Kier molecular flexibility index (Phi) is 5.31. The molecule has 0 saturated heterocycles. The molecule has 3 nitrogen and oxygen atoms in total. The second kappa shape index (κ2) is 7.81. The number of carbonyl (C=O) groups is 1. The van der Waals surface area contributed by atoms with Crippen LogP contribution in [0.5, 0.6) is 5.75 Å². The second-order valence-corrected chi connectivity index (χ2v) is 5.69. The van der Waals surface area contributed by atoms with Crippen molar-refractivity contribution in [2.24, 2.45) is 0 Å². The van der Waals surface area contributed by atoms with Gasteiger partial charge >= 0.3 is 0 Å². The summed E-state index contributed by atoms with van der Waals surface area (Å²) >= 11 is 5.90. The van der Waals surface area contributed by atoms with Crippen LogP contribution in [0.1, 0.15) is 21.9 Å². The second-order valence-electron chi connectivity index (χ2n) is 5.25. The third-order valence-electron chi connectivity index (χ3n) is 3.39. The molecular formula is C20H14ClFO3. The van der Waals surface area contributed by atoms with Gasteiger partial charge in [0, 0.05) is 10.6 Å². The van der Waals surface area contributed by atoms with Crippen molar-refractivity contribution >= 4 is 23.5 Å². The molecule has 1 heterocycles. The summed E-state index contributed by atoms with van der Waals surface area (Å²) in [6, 6.07) is 16.0. The highest BCUT2D eigenvalue weighted by atomic mass is 35.5. The van der Waals surface area contributed by atoms with Crippen molar-refractivity contribution in [3.05, 3.63) is 94.7 Å². The molecule has 0 aliphatic rings. The van der Waals surface area contributed by atoms with Gasteiger partial charge in [-0.1, -0.05) is 17.7 Å². The van der Waals surface area contributed by atoms with Crippen molar-refractivity contribution in [2.75, 3.05) is 0 Å². The van der Waals surface area contributed by atoms with Crippen LogP contribution in [0.4, 0.5) is 4.39 Å². The maximum absolute atomic E-state index is 12.9. The zero-order valence-corrected chi connectivity index (χ0v) is 13.9. The number of rotatable bonds is 6. The number of halogens is 2. The molecule has 0 unspecified atom stereocenters. The summed E-state index contributed by atoms with van der Waals surface area (Å²) in [6.45, 7) is 0.250. The third kappa shape index (κ3) is 4.81. The Labute approximate surface area is 149 Å². The van der Waals surface area contributed by atoms with Crippen LogP contribution in [0.3, 0.4) is 0 Å². The van der Waals surface area contributed by atoms with Crippen molar-refractivity contribution in [3.8, 4) is 5.75 Å². The molecule has 0 bridgehead atoms. The smallest absolute Gasteiger partial charge is 0.185 e. The summed E-state index contributed by atoms with van der Waals surface area (Å²) < 4.78 is 24.0. The van der Waals surface area contributed by atoms with E-state index < -0.39 is 0 Å². The lowest BCUT2D eigenvalue weighted by atomic mass is 10.1. The van der Waals surface area contributed by atoms with Gasteiger partial charge in [0.2, 0.25) is 0 Å². The van der Waals surface area contributed by atoms with E-state index in [2.05, 4.69) is 0 Å². The standard InChI is InChI=1S/C20H14ClFO3/c21-15-2-1-3-18(12-15)24-13-19-9-8-17(25-19)10-11-20(23)14-4-6-16(22)7-5-14/h1-12H,13H2/b11-10+. The van der Waals surface area contributed by atoms with E-state index in [1.165, 1.54) is 30.3 Å². The SMILES string of the molecule is O=C(/C=C/c1ccc(COc2cccc(Cl)c2)o1)c1ccc(F)cc1. The summed E-state index contributed by atoms with van der Waals surface area (Å²) in [7, 11) is 0. The Balaban J connectivity index is 1.59. The maximum atomic E-state index is 12.9. The number of allylic oxidation sites excluding steroid dienone is 1. The molecule has 5 heteroatoms. The number of hydrogen-bond donors (Lipinski definition) is 0. The molecule has 0 radical (unpaired) electrons. The van der Waals surface area contributed by atoms with Crippen LogP contribution in [0.15, 0.2) is 71.2 Å². The van der Waals surface area contributed by atoms with E-state index in [1.54, 1.807) is 42.5 Å². The zero-order chi connectivity index (χ0) is 17.6. The van der Waals surface area contributed by atoms with Crippen molar-refractivity contribution in [2.45, 2.75) is 6.61 Å². The van der Waals surface area contributed by atoms with Gasteiger partial charge in [0.1, 0.15) is 29.7 Å². The highest BCUT2D eigenvalue weighted by Crippen LogP contribution is 2.19. The summed E-state index contributed by atoms with van der Waals surface area (Å²) in [5, 5.41) is 0.597. The van der Waals surface area contributed by atoms with Gasteiger partial charge in [-0.3, -0.25) is 4.79 Å². The van der Waals surface area contributed by atoms with Crippen LogP contribution >= 0.6 is 11.6 Å². The molecule has 0 spiro atoms. The van der Waals surface area contributed by atoms with Crippen LogP contribution < -0.4 is 4.74 Å². The van der Waals surface area contributed by atoms with E-state index in [1.807, 2.05) is 0 Å². The number of hydrogen-bond acceptors (Lipinski definition) is 3. The van der Waals surface area contributed by atoms with Crippen molar-refractivity contribution in [1.29, 1.82) is 0 Å². The molecule has 3 rings (SSSR count). The largest absolute Gasteiger partial charge is 0.486 e. The fraction of sp³-hybridized carbons (Fsp3) is 0.0500. The fourth-order valence-corrected chi connectivity index (χ4v) is 2.32. The summed E-state index contributed by atoms with van der Waals surface area (Å²) in [5.41, 5.74) is 0.411. The minimum absolute atomic E-state index is 0.229. The maximum Gasteiger partial charge on any atom is 0.185 e. The van der Waals surface area contributed by atoms with Gasteiger partial charge < -0.3 is 9.15 Å². The summed E-state index contributed by atoms with van der Waals surface area (Å²) in [6.07, 6.45) is 2.95. The molecule has 0 amide bonds. The topological polar surface area (TPSA) is 39.4 Å². The quantitative estimate of drug-likeness (QED) is 0.429. The lowest BCUT2D eigenvalue weighted by Gasteiger charge is -2.03. The van der Waals surface area contributed by atoms with Gasteiger partial charge in [-0.15, -0.1) is 0 Å². The first kappa shape index (κ1) is 17.0. The number of carbonyl (C=O) groups excluding carboxylic acids is 1. The molecule has 0 saturated carbocycles. The number of furan rings is 1. The Morgan fingerprint density at radius 2 is 1.92 bits per heavy atom. The van der Waals surface area contributed by atoms with Crippen LogP contribution in [0, 0.1) is 5.82 Å². The fourth-order valence-electron chi connectivity index (χ4n) is 2.14. The number of ketones is 1. The molecule has 2 aromatic carbocycles. The van der Waals surface area contributed by atoms with E-state index >= 15 is 0 Å². The molecule has 1 aromatic heterocycles. The lowest BCUT2D eigenvalue weighted by molar-refractivity contribution is 0.104. The molecule has 0 fully saturated rings. The molecule has 0 N–H and O–H groups in total. The Hall–Kier alpha value is -2.85. The van der Waals surface area contributed by atoms with E-state index in [-0.39, 0.29) is 18.2 Å². The van der Waals surface area contributed by atoms with Crippen molar-refractivity contribution in [3.63, 3.8) is 0 Å². The first-order valence-corrected chi connectivity index (χ1v) is 7.93. The Morgan fingerprint density at radius 3 is 2.68 bits per heavy atom. The van der Waals surface area contributed by atoms with Crippen LogP contribution in [0.25, 0.3) is 6.08 Å². The molecular weight excluding hydrogens is 343 g/mol. The summed E-state index contributed by atoms with van der Waals surface area (Å²) in [5.74, 6) is 1.19.